The zero-order valence-corrected chi connectivity index (χ0v) is 12.4. The van der Waals surface area contributed by atoms with E-state index in [1.807, 2.05) is 0 Å². The van der Waals surface area contributed by atoms with Crippen molar-refractivity contribution in [2.75, 3.05) is 5.32 Å². The number of nitrogens with zero attached hydrogens (tertiary/aromatic N) is 3. The van der Waals surface area contributed by atoms with E-state index >= 15 is 0 Å². The number of rotatable bonds is 4. The summed E-state index contributed by atoms with van der Waals surface area (Å²) in [6, 6.07) is 4.81. The molecular formula is C12H10Cl2N4O3. The molecule has 0 spiro atoms. The van der Waals surface area contributed by atoms with Gasteiger partial charge in [-0.25, -0.2) is 9.55 Å². The van der Waals surface area contributed by atoms with Gasteiger partial charge in [-0.15, -0.1) is 0 Å². The Morgan fingerprint density at radius 1 is 1.48 bits per heavy atom. The Kier molecular flexibility index (Phi) is 4.44. The molecule has 0 atom stereocenters. The first-order valence-corrected chi connectivity index (χ1v) is 6.56. The summed E-state index contributed by atoms with van der Waals surface area (Å²) in [5, 5.41) is 13.9. The molecule has 0 radical (unpaired) electrons. The van der Waals surface area contributed by atoms with Crippen molar-refractivity contribution in [3.63, 3.8) is 0 Å². The van der Waals surface area contributed by atoms with Gasteiger partial charge < -0.3 is 15.4 Å². The number of nitro groups is 1. The van der Waals surface area contributed by atoms with Crippen LogP contribution in [0.4, 0.5) is 11.5 Å². The Labute approximate surface area is 129 Å². The minimum Gasteiger partial charge on any atom is -0.358 e. The predicted molar refractivity (Wildman–Crippen MR) is 78.7 cm³/mol. The summed E-state index contributed by atoms with van der Waals surface area (Å²) in [4.78, 5) is 26.1. The van der Waals surface area contributed by atoms with Crippen LogP contribution in [0.15, 0.2) is 24.4 Å². The molecule has 9 heteroatoms. The van der Waals surface area contributed by atoms with Crippen molar-refractivity contribution in [3.05, 3.63) is 50.4 Å². The Bertz CT molecular complexity index is 715. The van der Waals surface area contributed by atoms with E-state index in [-0.39, 0.29) is 17.4 Å². The quantitative estimate of drug-likeness (QED) is 0.689. The summed E-state index contributed by atoms with van der Waals surface area (Å²) in [6.45, 7) is 1.33. The minimum atomic E-state index is -0.598. The monoisotopic (exact) mass is 328 g/mol. The van der Waals surface area contributed by atoms with E-state index in [9.17, 15) is 14.9 Å². The maximum atomic E-state index is 12.0. The Morgan fingerprint density at radius 3 is 2.86 bits per heavy atom. The number of benzene rings is 1. The molecule has 0 aliphatic heterocycles. The Balaban J connectivity index is 2.18. The highest BCUT2D eigenvalue weighted by Gasteiger charge is 2.20. The van der Waals surface area contributed by atoms with Gasteiger partial charge in [-0.3, -0.25) is 4.79 Å². The van der Waals surface area contributed by atoms with E-state index in [0.29, 0.717) is 16.5 Å². The van der Waals surface area contributed by atoms with Crippen LogP contribution in [0.3, 0.4) is 0 Å². The molecular weight excluding hydrogens is 319 g/mol. The van der Waals surface area contributed by atoms with Crippen molar-refractivity contribution in [1.82, 2.24) is 9.55 Å². The van der Waals surface area contributed by atoms with Crippen LogP contribution in [-0.2, 0) is 11.3 Å². The van der Waals surface area contributed by atoms with Crippen molar-refractivity contribution in [3.8, 4) is 0 Å². The van der Waals surface area contributed by atoms with Crippen molar-refractivity contribution in [2.45, 2.75) is 13.5 Å². The average Bonchev–Trinajstić information content (AvgIpc) is 2.77. The molecule has 0 aliphatic rings. The highest BCUT2D eigenvalue weighted by atomic mass is 35.5. The Hall–Kier alpha value is -2.12. The standard InChI is InChI=1S/C12H10Cl2N4O3/c1-7-15-5-11(18(20)21)17(7)6-10(19)16-9-4-2-3-8(13)12(9)14/h2-5H,6H2,1H3,(H,16,19). The molecule has 1 amide bonds. The molecule has 0 unspecified atom stereocenters. The molecule has 110 valence electrons. The lowest BCUT2D eigenvalue weighted by Crippen LogP contribution is -2.20. The van der Waals surface area contributed by atoms with Gasteiger partial charge in [0.2, 0.25) is 0 Å². The lowest BCUT2D eigenvalue weighted by molar-refractivity contribution is -0.392. The van der Waals surface area contributed by atoms with Crippen molar-refractivity contribution in [2.24, 2.45) is 0 Å². The van der Waals surface area contributed by atoms with Crippen LogP contribution >= 0.6 is 23.2 Å². The van der Waals surface area contributed by atoms with Gasteiger partial charge in [0, 0.05) is 6.92 Å². The molecule has 1 N–H and O–H groups in total. The van der Waals surface area contributed by atoms with Crippen molar-refractivity contribution >= 4 is 40.6 Å². The van der Waals surface area contributed by atoms with Crippen LogP contribution in [0, 0.1) is 17.0 Å². The molecule has 7 nitrogen and oxygen atoms in total. The fourth-order valence-electron chi connectivity index (χ4n) is 1.73. The highest BCUT2D eigenvalue weighted by Crippen LogP contribution is 2.29. The molecule has 1 aromatic carbocycles. The van der Waals surface area contributed by atoms with Gasteiger partial charge in [-0.2, -0.15) is 0 Å². The van der Waals surface area contributed by atoms with E-state index in [1.54, 1.807) is 25.1 Å². The summed E-state index contributed by atoms with van der Waals surface area (Å²) < 4.78 is 1.20. The smallest absolute Gasteiger partial charge is 0.343 e. The highest BCUT2D eigenvalue weighted by molar-refractivity contribution is 6.43. The molecule has 0 aliphatic carbocycles. The number of aryl methyl sites for hydroxylation is 1. The summed E-state index contributed by atoms with van der Waals surface area (Å²) in [6.07, 6.45) is 1.11. The second-order valence-electron chi connectivity index (χ2n) is 4.16. The second-order valence-corrected chi connectivity index (χ2v) is 4.94. The predicted octanol–water partition coefficient (Wildman–Crippen LogP) is 3.05. The molecule has 0 bridgehead atoms. The third-order valence-corrected chi connectivity index (χ3v) is 3.57. The van der Waals surface area contributed by atoms with Crippen LogP contribution in [-0.4, -0.2) is 20.4 Å². The zero-order valence-electron chi connectivity index (χ0n) is 10.8. The topological polar surface area (TPSA) is 90.1 Å². The minimum absolute atomic E-state index is 0.212. The van der Waals surface area contributed by atoms with Crippen LogP contribution in [0.2, 0.25) is 10.0 Å². The number of nitrogens with one attached hydrogen (secondary N) is 1. The summed E-state index contributed by atoms with van der Waals surface area (Å²) >= 11 is 11.8. The van der Waals surface area contributed by atoms with Gasteiger partial charge in [-0.1, -0.05) is 29.3 Å². The molecule has 0 saturated carbocycles. The number of aromatic nitrogens is 2. The zero-order chi connectivity index (χ0) is 15.6. The van der Waals surface area contributed by atoms with Gasteiger partial charge >= 0.3 is 5.82 Å². The third-order valence-electron chi connectivity index (χ3n) is 2.75. The first-order valence-electron chi connectivity index (χ1n) is 5.80. The second kappa shape index (κ2) is 6.11. The number of imidazole rings is 1. The molecule has 1 aromatic heterocycles. The molecule has 0 saturated heterocycles. The first kappa shape index (κ1) is 15.3. The van der Waals surface area contributed by atoms with Gasteiger partial charge in [0.05, 0.1) is 15.7 Å². The van der Waals surface area contributed by atoms with E-state index in [0.717, 1.165) is 6.20 Å². The van der Waals surface area contributed by atoms with Gasteiger partial charge in [0.25, 0.3) is 5.91 Å². The molecule has 2 rings (SSSR count). The third kappa shape index (κ3) is 3.32. The number of amides is 1. The summed E-state index contributed by atoms with van der Waals surface area (Å²) in [5.74, 6) is -0.350. The van der Waals surface area contributed by atoms with Gasteiger partial charge in [0.1, 0.15) is 6.20 Å². The van der Waals surface area contributed by atoms with Gasteiger partial charge in [0.15, 0.2) is 12.4 Å². The number of halogens is 2. The number of carbonyl (C=O) groups is 1. The fourth-order valence-corrected chi connectivity index (χ4v) is 2.08. The van der Waals surface area contributed by atoms with Crippen LogP contribution in [0.5, 0.6) is 0 Å². The van der Waals surface area contributed by atoms with Crippen LogP contribution < -0.4 is 5.32 Å². The van der Waals surface area contributed by atoms with Gasteiger partial charge in [-0.05, 0) is 17.1 Å². The maximum absolute atomic E-state index is 12.0. The molecule has 0 fully saturated rings. The average molecular weight is 329 g/mol. The number of hydrogen-bond acceptors (Lipinski definition) is 4. The lowest BCUT2D eigenvalue weighted by atomic mass is 10.3. The van der Waals surface area contributed by atoms with Crippen molar-refractivity contribution in [1.29, 1.82) is 0 Å². The number of anilines is 1. The van der Waals surface area contributed by atoms with Crippen LogP contribution in [0.25, 0.3) is 0 Å². The number of carbonyl (C=O) groups excluding carboxylic acids is 1. The normalized spacial score (nSPS) is 10.4. The van der Waals surface area contributed by atoms with Crippen LogP contribution in [0.1, 0.15) is 5.82 Å². The fraction of sp³-hybridized carbons (Fsp3) is 0.167. The van der Waals surface area contributed by atoms with E-state index in [2.05, 4.69) is 10.3 Å². The molecule has 2 aromatic rings. The summed E-state index contributed by atoms with van der Waals surface area (Å²) in [5.41, 5.74) is 0.342. The molecule has 1 heterocycles. The van der Waals surface area contributed by atoms with E-state index in [1.165, 1.54) is 4.57 Å². The first-order chi connectivity index (χ1) is 9.90. The SMILES string of the molecule is Cc1ncc([N+](=O)[O-])n1CC(=O)Nc1cccc(Cl)c1Cl. The Morgan fingerprint density at radius 2 is 2.19 bits per heavy atom. The maximum Gasteiger partial charge on any atom is 0.343 e. The number of hydrogen-bond donors (Lipinski definition) is 1. The van der Waals surface area contributed by atoms with E-state index < -0.39 is 10.8 Å². The summed E-state index contributed by atoms with van der Waals surface area (Å²) in [7, 11) is 0. The van der Waals surface area contributed by atoms with E-state index in [4.69, 9.17) is 23.2 Å². The lowest BCUT2D eigenvalue weighted by Gasteiger charge is -2.08. The molecule has 21 heavy (non-hydrogen) atoms. The van der Waals surface area contributed by atoms with Crippen molar-refractivity contribution < 1.29 is 9.72 Å². The largest absolute Gasteiger partial charge is 0.358 e.